The normalized spacial score (nSPS) is 9.83. The van der Waals surface area contributed by atoms with Crippen LogP contribution in [0.15, 0.2) is 47.5 Å². The van der Waals surface area contributed by atoms with Crippen LogP contribution < -0.4 is 10.0 Å². The van der Waals surface area contributed by atoms with Gasteiger partial charge in [0.05, 0.1) is 0 Å². The maximum atomic E-state index is 11.9. The summed E-state index contributed by atoms with van der Waals surface area (Å²) < 4.78 is 5.20. The SMILES string of the molecule is Cc1cc(SC#N)ccc1NC(=O)COC(=O)c1cccc[n+]1[O-]. The van der Waals surface area contributed by atoms with E-state index in [-0.39, 0.29) is 5.69 Å². The van der Waals surface area contributed by atoms with E-state index in [0.29, 0.717) is 10.4 Å². The van der Waals surface area contributed by atoms with E-state index in [9.17, 15) is 14.8 Å². The van der Waals surface area contributed by atoms with Crippen molar-refractivity contribution < 1.29 is 19.1 Å². The number of thiocyanates is 1. The third kappa shape index (κ3) is 4.47. The Bertz CT molecular complexity index is 817. The Morgan fingerprint density at radius 2 is 2.17 bits per heavy atom. The largest absolute Gasteiger partial charge is 0.618 e. The molecule has 1 amide bonds. The number of thioether (sulfide) groups is 1. The van der Waals surface area contributed by atoms with Gasteiger partial charge >= 0.3 is 11.7 Å². The highest BCUT2D eigenvalue weighted by Gasteiger charge is 2.18. The average Bonchev–Trinajstić information content (AvgIpc) is 2.56. The monoisotopic (exact) mass is 343 g/mol. The summed E-state index contributed by atoms with van der Waals surface area (Å²) in [5, 5.41) is 24.6. The van der Waals surface area contributed by atoms with Crippen molar-refractivity contribution in [2.24, 2.45) is 0 Å². The third-order valence-corrected chi connectivity index (χ3v) is 3.58. The summed E-state index contributed by atoms with van der Waals surface area (Å²) in [6.07, 6.45) is 1.17. The molecule has 24 heavy (non-hydrogen) atoms. The number of hydrogen-bond acceptors (Lipinski definition) is 6. The fourth-order valence-electron chi connectivity index (χ4n) is 1.87. The van der Waals surface area contributed by atoms with Crippen molar-refractivity contribution in [3.05, 3.63) is 59.1 Å². The molecule has 0 spiro atoms. The molecular weight excluding hydrogens is 330 g/mol. The molecule has 7 nitrogen and oxygen atoms in total. The highest BCUT2D eigenvalue weighted by molar-refractivity contribution is 8.03. The number of amides is 1. The summed E-state index contributed by atoms with van der Waals surface area (Å²) in [4.78, 5) is 24.4. The predicted octanol–water partition coefficient (Wildman–Crippen LogP) is 2.00. The molecule has 2 aromatic rings. The molecule has 1 N–H and O–H groups in total. The van der Waals surface area contributed by atoms with Gasteiger partial charge in [-0.3, -0.25) is 4.79 Å². The van der Waals surface area contributed by atoms with Gasteiger partial charge in [0, 0.05) is 22.7 Å². The van der Waals surface area contributed by atoms with Gasteiger partial charge in [-0.1, -0.05) is 0 Å². The molecule has 0 atom stereocenters. The number of aromatic nitrogens is 1. The second-order valence-corrected chi connectivity index (χ2v) is 5.56. The highest BCUT2D eigenvalue weighted by atomic mass is 32.2. The quantitative estimate of drug-likeness (QED) is 0.293. The number of nitrogens with one attached hydrogen (secondary N) is 1. The Kier molecular flexibility index (Phi) is 5.76. The number of anilines is 1. The Balaban J connectivity index is 1.93. The zero-order valence-electron chi connectivity index (χ0n) is 12.7. The molecule has 0 aliphatic rings. The fraction of sp³-hybridized carbons (Fsp3) is 0.125. The molecule has 1 aromatic carbocycles. The highest BCUT2D eigenvalue weighted by Crippen LogP contribution is 2.23. The second-order valence-electron chi connectivity index (χ2n) is 4.71. The van der Waals surface area contributed by atoms with Crippen LogP contribution in [0.3, 0.4) is 0 Å². The van der Waals surface area contributed by atoms with Crippen molar-refractivity contribution >= 4 is 29.3 Å². The van der Waals surface area contributed by atoms with E-state index < -0.39 is 18.5 Å². The number of benzene rings is 1. The molecule has 0 saturated heterocycles. The Morgan fingerprint density at radius 3 is 2.83 bits per heavy atom. The van der Waals surface area contributed by atoms with Crippen molar-refractivity contribution in [3.8, 4) is 5.40 Å². The van der Waals surface area contributed by atoms with Crippen molar-refractivity contribution in [1.82, 2.24) is 0 Å². The lowest BCUT2D eigenvalue weighted by molar-refractivity contribution is -0.608. The van der Waals surface area contributed by atoms with E-state index in [1.807, 2.05) is 5.40 Å². The number of carbonyl (C=O) groups excluding carboxylic acids is 2. The first-order valence-corrected chi connectivity index (χ1v) is 7.64. The van der Waals surface area contributed by atoms with Crippen LogP contribution in [0.5, 0.6) is 0 Å². The Hall–Kier alpha value is -3.05. The van der Waals surface area contributed by atoms with Crippen LogP contribution in [0.4, 0.5) is 5.69 Å². The van der Waals surface area contributed by atoms with Crippen LogP contribution >= 0.6 is 11.8 Å². The number of esters is 1. The van der Waals surface area contributed by atoms with Crippen LogP contribution in [0.1, 0.15) is 16.1 Å². The van der Waals surface area contributed by atoms with E-state index >= 15 is 0 Å². The number of rotatable bonds is 5. The molecule has 0 radical (unpaired) electrons. The first kappa shape index (κ1) is 17.3. The zero-order chi connectivity index (χ0) is 17.5. The minimum atomic E-state index is -0.877. The maximum Gasteiger partial charge on any atom is 0.405 e. The molecule has 122 valence electrons. The molecule has 0 aliphatic heterocycles. The van der Waals surface area contributed by atoms with Gasteiger partial charge in [0.15, 0.2) is 12.8 Å². The van der Waals surface area contributed by atoms with E-state index in [1.165, 1.54) is 24.4 Å². The molecule has 2 rings (SSSR count). The summed E-state index contributed by atoms with van der Waals surface area (Å²) in [5.41, 5.74) is 1.13. The summed E-state index contributed by atoms with van der Waals surface area (Å²) in [7, 11) is 0. The molecule has 1 aromatic heterocycles. The molecule has 0 saturated carbocycles. The first-order chi connectivity index (χ1) is 11.5. The number of nitrogens with zero attached hydrogens (tertiary/aromatic N) is 2. The first-order valence-electron chi connectivity index (χ1n) is 6.83. The molecule has 0 unspecified atom stereocenters. The summed E-state index contributed by atoms with van der Waals surface area (Å²) in [5.74, 6) is -1.40. The van der Waals surface area contributed by atoms with E-state index in [1.54, 1.807) is 25.1 Å². The summed E-state index contributed by atoms with van der Waals surface area (Å²) >= 11 is 1.02. The molecule has 0 fully saturated rings. The van der Waals surface area contributed by atoms with E-state index in [4.69, 9.17) is 10.00 Å². The van der Waals surface area contributed by atoms with Crippen molar-refractivity contribution in [3.63, 3.8) is 0 Å². The maximum absolute atomic E-state index is 11.9. The van der Waals surface area contributed by atoms with Crippen LogP contribution in [-0.4, -0.2) is 18.5 Å². The van der Waals surface area contributed by atoms with Gasteiger partial charge in [-0.05, 0) is 48.5 Å². The Morgan fingerprint density at radius 1 is 1.38 bits per heavy atom. The number of nitriles is 1. The third-order valence-electron chi connectivity index (χ3n) is 3.00. The van der Waals surface area contributed by atoms with E-state index in [0.717, 1.165) is 22.2 Å². The zero-order valence-corrected chi connectivity index (χ0v) is 13.5. The molecular formula is C16H13N3O4S. The average molecular weight is 343 g/mol. The van der Waals surface area contributed by atoms with Gasteiger partial charge in [-0.2, -0.15) is 9.99 Å². The smallest absolute Gasteiger partial charge is 0.405 e. The molecule has 1 heterocycles. The van der Waals surface area contributed by atoms with Crippen LogP contribution in [0, 0.1) is 22.8 Å². The second kappa shape index (κ2) is 7.99. The van der Waals surface area contributed by atoms with Crippen LogP contribution in [0.2, 0.25) is 0 Å². The number of hydrogen-bond donors (Lipinski definition) is 1. The predicted molar refractivity (Wildman–Crippen MR) is 87.0 cm³/mol. The fourth-order valence-corrected chi connectivity index (χ4v) is 2.35. The van der Waals surface area contributed by atoms with E-state index in [2.05, 4.69) is 5.32 Å². The van der Waals surface area contributed by atoms with Gasteiger partial charge < -0.3 is 15.3 Å². The number of carbonyl (C=O) groups is 2. The lowest BCUT2D eigenvalue weighted by Crippen LogP contribution is -2.35. The minimum Gasteiger partial charge on any atom is -0.618 e. The molecule has 8 heteroatoms. The number of aryl methyl sites for hydroxylation is 1. The standard InChI is InChI=1S/C16H13N3O4S/c1-11-8-12(24-10-17)5-6-13(11)18-15(20)9-23-16(21)14-4-2-3-7-19(14)22/h2-8H,9H2,1H3,(H,18,20). The summed E-state index contributed by atoms with van der Waals surface area (Å²) in [6, 6.07) is 9.44. The van der Waals surface area contributed by atoms with Crippen LogP contribution in [-0.2, 0) is 9.53 Å². The Labute approximate surface area is 142 Å². The van der Waals surface area contributed by atoms with Crippen molar-refractivity contribution in [2.45, 2.75) is 11.8 Å². The molecule has 0 aliphatic carbocycles. The number of ether oxygens (including phenoxy) is 1. The molecule has 0 bridgehead atoms. The van der Waals surface area contributed by atoms with Gasteiger partial charge in [0.1, 0.15) is 5.40 Å². The van der Waals surface area contributed by atoms with Crippen molar-refractivity contribution in [2.75, 3.05) is 11.9 Å². The topological polar surface area (TPSA) is 106 Å². The van der Waals surface area contributed by atoms with Crippen LogP contribution in [0.25, 0.3) is 0 Å². The number of pyridine rings is 1. The van der Waals surface area contributed by atoms with Gasteiger partial charge in [0.25, 0.3) is 5.91 Å². The summed E-state index contributed by atoms with van der Waals surface area (Å²) in [6.45, 7) is 1.27. The minimum absolute atomic E-state index is 0.195. The van der Waals surface area contributed by atoms with Gasteiger partial charge in [-0.15, -0.1) is 0 Å². The van der Waals surface area contributed by atoms with Crippen molar-refractivity contribution in [1.29, 1.82) is 5.26 Å². The lowest BCUT2D eigenvalue weighted by atomic mass is 10.2. The lowest BCUT2D eigenvalue weighted by Gasteiger charge is -2.09. The van der Waals surface area contributed by atoms with Gasteiger partial charge in [0.2, 0.25) is 0 Å². The van der Waals surface area contributed by atoms with Gasteiger partial charge in [-0.25, -0.2) is 4.79 Å².